The number of aryl methyl sites for hydroxylation is 2. The van der Waals surface area contributed by atoms with Crippen LogP contribution in [0.3, 0.4) is 0 Å². The molecule has 0 amide bonds. The summed E-state index contributed by atoms with van der Waals surface area (Å²) >= 11 is 0. The maximum Gasteiger partial charge on any atom is 0.338 e. The number of nitrogens with zero attached hydrogens (tertiary/aromatic N) is 1. The van der Waals surface area contributed by atoms with E-state index in [2.05, 4.69) is 5.16 Å². The molecule has 132 valence electrons. The molecule has 5 nitrogen and oxygen atoms in total. The number of rotatable bonds is 5. The second-order valence-electron chi connectivity index (χ2n) is 7.23. The minimum atomic E-state index is -0.227. The highest BCUT2D eigenvalue weighted by Crippen LogP contribution is 2.46. The van der Waals surface area contributed by atoms with Crippen LogP contribution < -0.4 is 4.74 Å². The summed E-state index contributed by atoms with van der Waals surface area (Å²) in [5.41, 5.74) is 2.37. The van der Waals surface area contributed by atoms with Crippen molar-refractivity contribution in [3.63, 3.8) is 0 Å². The fourth-order valence-corrected chi connectivity index (χ4v) is 4.09. The van der Waals surface area contributed by atoms with Crippen LogP contribution >= 0.6 is 0 Å². The number of carbonyl (C=O) groups excluding carboxylic acids is 1. The van der Waals surface area contributed by atoms with Crippen LogP contribution in [0.5, 0.6) is 5.75 Å². The molecule has 0 spiro atoms. The first-order valence-corrected chi connectivity index (χ1v) is 8.95. The smallest absolute Gasteiger partial charge is 0.338 e. The number of benzene rings is 1. The largest absolute Gasteiger partial charge is 0.489 e. The lowest BCUT2D eigenvalue weighted by atomic mass is 9.98. The lowest BCUT2D eigenvalue weighted by molar-refractivity contribution is 0.0158. The molecule has 1 aromatic carbocycles. The van der Waals surface area contributed by atoms with Crippen molar-refractivity contribution in [1.82, 2.24) is 5.16 Å². The van der Waals surface area contributed by atoms with Crippen molar-refractivity contribution >= 4 is 5.97 Å². The van der Waals surface area contributed by atoms with Crippen LogP contribution in [0.25, 0.3) is 0 Å². The minimum Gasteiger partial charge on any atom is -0.489 e. The van der Waals surface area contributed by atoms with Crippen LogP contribution in [0.4, 0.5) is 0 Å². The molecule has 2 saturated carbocycles. The molecule has 2 bridgehead atoms. The van der Waals surface area contributed by atoms with Gasteiger partial charge in [-0.25, -0.2) is 4.79 Å². The quantitative estimate of drug-likeness (QED) is 0.762. The van der Waals surface area contributed by atoms with Crippen molar-refractivity contribution in [2.45, 2.75) is 52.2 Å². The summed E-state index contributed by atoms with van der Waals surface area (Å²) in [4.78, 5) is 12.3. The van der Waals surface area contributed by atoms with E-state index < -0.39 is 0 Å². The third-order valence-corrected chi connectivity index (χ3v) is 5.59. The molecule has 5 heteroatoms. The Bertz CT molecular complexity index is 745. The highest BCUT2D eigenvalue weighted by molar-refractivity contribution is 5.89. The van der Waals surface area contributed by atoms with Gasteiger partial charge in [0.1, 0.15) is 24.2 Å². The molecule has 1 heterocycles. The Hall–Kier alpha value is -2.30. The fraction of sp³-hybridized carbons (Fsp3) is 0.500. The normalized spacial score (nSPS) is 24.5. The molecule has 3 unspecified atom stereocenters. The van der Waals surface area contributed by atoms with E-state index in [-0.39, 0.29) is 12.1 Å². The predicted octanol–water partition coefficient (Wildman–Crippen LogP) is 4.22. The third kappa shape index (κ3) is 3.28. The van der Waals surface area contributed by atoms with Gasteiger partial charge >= 0.3 is 5.97 Å². The zero-order valence-corrected chi connectivity index (χ0v) is 14.7. The number of fused-ring (bicyclic) bond motifs is 2. The number of carbonyl (C=O) groups is 1. The summed E-state index contributed by atoms with van der Waals surface area (Å²) in [6.45, 7) is 4.16. The van der Waals surface area contributed by atoms with E-state index in [1.807, 2.05) is 13.8 Å². The minimum absolute atomic E-state index is 0.113. The first kappa shape index (κ1) is 16.2. The molecule has 2 aromatic rings. The summed E-state index contributed by atoms with van der Waals surface area (Å²) in [6.07, 6.45) is 4.88. The van der Waals surface area contributed by atoms with Gasteiger partial charge in [0.2, 0.25) is 0 Å². The van der Waals surface area contributed by atoms with Crippen molar-refractivity contribution < 1.29 is 18.8 Å². The second kappa shape index (κ2) is 6.54. The summed E-state index contributed by atoms with van der Waals surface area (Å²) in [6, 6.07) is 7.13. The monoisotopic (exact) mass is 341 g/mol. The number of hydrogen-bond donors (Lipinski definition) is 0. The molecule has 0 aliphatic heterocycles. The Morgan fingerprint density at radius 2 is 2.00 bits per heavy atom. The topological polar surface area (TPSA) is 61.6 Å². The van der Waals surface area contributed by atoms with Gasteiger partial charge in [0.25, 0.3) is 0 Å². The van der Waals surface area contributed by atoms with E-state index in [0.29, 0.717) is 23.8 Å². The highest BCUT2D eigenvalue weighted by atomic mass is 16.5. The van der Waals surface area contributed by atoms with Gasteiger partial charge in [-0.15, -0.1) is 0 Å². The molecule has 0 saturated heterocycles. The maximum absolute atomic E-state index is 12.3. The van der Waals surface area contributed by atoms with Crippen LogP contribution in [0.2, 0.25) is 0 Å². The molecule has 2 aliphatic carbocycles. The van der Waals surface area contributed by atoms with E-state index >= 15 is 0 Å². The number of ether oxygens (including phenoxy) is 2. The molecule has 3 atom stereocenters. The van der Waals surface area contributed by atoms with Gasteiger partial charge in [-0.05, 0) is 75.6 Å². The van der Waals surface area contributed by atoms with E-state index in [1.54, 1.807) is 24.3 Å². The van der Waals surface area contributed by atoms with Gasteiger partial charge in [0, 0.05) is 0 Å². The summed E-state index contributed by atoms with van der Waals surface area (Å²) in [5, 5.41) is 3.91. The zero-order chi connectivity index (χ0) is 17.4. The predicted molar refractivity (Wildman–Crippen MR) is 91.4 cm³/mol. The van der Waals surface area contributed by atoms with Crippen LogP contribution in [-0.2, 0) is 11.3 Å². The number of esters is 1. The molecule has 1 aromatic heterocycles. The van der Waals surface area contributed by atoms with Gasteiger partial charge in [-0.3, -0.25) is 0 Å². The average molecular weight is 341 g/mol. The maximum atomic E-state index is 12.3. The van der Waals surface area contributed by atoms with Crippen LogP contribution in [0, 0.1) is 25.7 Å². The molecule has 25 heavy (non-hydrogen) atoms. The van der Waals surface area contributed by atoms with Crippen molar-refractivity contribution in [3.05, 3.63) is 46.8 Å². The van der Waals surface area contributed by atoms with E-state index in [1.165, 1.54) is 19.3 Å². The Kier molecular flexibility index (Phi) is 4.24. The van der Waals surface area contributed by atoms with Crippen molar-refractivity contribution in [3.8, 4) is 5.75 Å². The Labute approximate surface area is 147 Å². The summed E-state index contributed by atoms with van der Waals surface area (Å²) in [5.74, 6) is 2.59. The van der Waals surface area contributed by atoms with E-state index in [9.17, 15) is 4.79 Å². The average Bonchev–Trinajstić information content (AvgIpc) is 3.31. The molecule has 0 radical (unpaired) electrons. The van der Waals surface area contributed by atoms with E-state index in [4.69, 9.17) is 14.0 Å². The highest BCUT2D eigenvalue weighted by Gasteiger charge is 2.41. The van der Waals surface area contributed by atoms with E-state index in [0.717, 1.165) is 29.4 Å². The number of aromatic nitrogens is 1. The van der Waals surface area contributed by atoms with Crippen LogP contribution in [-0.4, -0.2) is 17.2 Å². The van der Waals surface area contributed by atoms with Crippen molar-refractivity contribution in [2.75, 3.05) is 0 Å². The van der Waals surface area contributed by atoms with Crippen LogP contribution in [0.15, 0.2) is 28.8 Å². The lowest BCUT2D eigenvalue weighted by Crippen LogP contribution is -2.24. The molecule has 0 N–H and O–H groups in total. The molecule has 2 aliphatic rings. The van der Waals surface area contributed by atoms with Gasteiger partial charge in [-0.1, -0.05) is 5.16 Å². The van der Waals surface area contributed by atoms with Gasteiger partial charge < -0.3 is 14.0 Å². The number of hydrogen-bond acceptors (Lipinski definition) is 5. The Balaban J connectivity index is 1.34. The van der Waals surface area contributed by atoms with Crippen molar-refractivity contribution in [2.24, 2.45) is 11.8 Å². The molecular weight excluding hydrogens is 318 g/mol. The first-order chi connectivity index (χ1) is 12.1. The van der Waals surface area contributed by atoms with Crippen LogP contribution in [0.1, 0.15) is 53.1 Å². The molecular formula is C20H23NO4. The summed E-state index contributed by atoms with van der Waals surface area (Å²) in [7, 11) is 0. The molecule has 2 fully saturated rings. The van der Waals surface area contributed by atoms with Crippen molar-refractivity contribution in [1.29, 1.82) is 0 Å². The third-order valence-electron chi connectivity index (χ3n) is 5.59. The second-order valence-corrected chi connectivity index (χ2v) is 7.23. The van der Waals surface area contributed by atoms with Gasteiger partial charge in [-0.2, -0.15) is 0 Å². The summed E-state index contributed by atoms with van der Waals surface area (Å²) < 4.78 is 16.6. The Morgan fingerprint density at radius 1 is 1.20 bits per heavy atom. The first-order valence-electron chi connectivity index (χ1n) is 8.95. The Morgan fingerprint density at radius 3 is 2.60 bits per heavy atom. The fourth-order valence-electron chi connectivity index (χ4n) is 4.09. The lowest BCUT2D eigenvalue weighted by Gasteiger charge is -2.21. The standard InChI is InChI=1S/C20H23NO4/c1-12-18(13(2)25-21-12)11-23-17-7-5-15(6-8-17)20(22)24-19-10-14-3-4-16(19)9-14/h5-8,14,16,19H,3-4,9-11H2,1-2H3. The van der Waals surface area contributed by atoms with Gasteiger partial charge in [0.05, 0.1) is 16.8 Å². The molecule has 4 rings (SSSR count). The zero-order valence-electron chi connectivity index (χ0n) is 14.7. The van der Waals surface area contributed by atoms with Gasteiger partial charge in [0.15, 0.2) is 0 Å². The SMILES string of the molecule is Cc1noc(C)c1COc1ccc(C(=O)OC2CC3CCC2C3)cc1.